The van der Waals surface area contributed by atoms with Gasteiger partial charge in [-0.2, -0.15) is 0 Å². The lowest BCUT2D eigenvalue weighted by Gasteiger charge is -2.14. The Balaban J connectivity index is 1.36. The van der Waals surface area contributed by atoms with E-state index >= 15 is 0 Å². The van der Waals surface area contributed by atoms with Crippen LogP contribution in [0.3, 0.4) is 0 Å². The summed E-state index contributed by atoms with van der Waals surface area (Å²) in [6.45, 7) is 2.46. The van der Waals surface area contributed by atoms with Crippen LogP contribution >= 0.6 is 0 Å². The third-order valence-corrected chi connectivity index (χ3v) is 5.13. The molecule has 4 rings (SSSR count). The summed E-state index contributed by atoms with van der Waals surface area (Å²) in [6.07, 6.45) is 0. The van der Waals surface area contributed by atoms with E-state index in [1.807, 2.05) is 37.3 Å². The summed E-state index contributed by atoms with van der Waals surface area (Å²) < 4.78 is 16.0. The first-order valence-corrected chi connectivity index (χ1v) is 10.5. The smallest absolute Gasteiger partial charge is 0.253 e. The van der Waals surface area contributed by atoms with Crippen molar-refractivity contribution < 1.29 is 23.8 Å². The summed E-state index contributed by atoms with van der Waals surface area (Å²) in [5, 5.41) is 8.79. The number of methoxy groups -OCH3 is 1. The molecule has 0 atom stereocenters. The van der Waals surface area contributed by atoms with Gasteiger partial charge in [0.05, 0.1) is 24.9 Å². The first-order chi connectivity index (χ1) is 16.0. The van der Waals surface area contributed by atoms with Crippen LogP contribution in [0, 0.1) is 6.92 Å². The maximum atomic E-state index is 12.8. The number of aryl methyl sites for hydroxylation is 1. The molecule has 0 bridgehead atoms. The normalized spacial score (nSPS) is 11.6. The van der Waals surface area contributed by atoms with E-state index in [2.05, 4.69) is 16.0 Å². The molecule has 33 heavy (non-hydrogen) atoms. The Kier molecular flexibility index (Phi) is 6.64. The van der Waals surface area contributed by atoms with Crippen molar-refractivity contribution in [3.05, 3.63) is 77.4 Å². The molecule has 0 unspecified atom stereocenters. The second-order valence-corrected chi connectivity index (χ2v) is 7.52. The lowest BCUT2D eigenvalue weighted by atomic mass is 10.1. The Morgan fingerprint density at radius 3 is 2.64 bits per heavy atom. The van der Waals surface area contributed by atoms with Gasteiger partial charge in [-0.1, -0.05) is 24.3 Å². The van der Waals surface area contributed by atoms with Crippen molar-refractivity contribution in [2.75, 3.05) is 31.1 Å². The maximum Gasteiger partial charge on any atom is 0.253 e. The Hall–Kier alpha value is -4.20. The lowest BCUT2D eigenvalue weighted by Crippen LogP contribution is -2.26. The highest BCUT2D eigenvalue weighted by molar-refractivity contribution is 6.01. The Bertz CT molecular complexity index is 1180. The molecule has 0 radical (unpaired) electrons. The Morgan fingerprint density at radius 2 is 1.79 bits per heavy atom. The third kappa shape index (κ3) is 5.35. The van der Waals surface area contributed by atoms with E-state index in [4.69, 9.17) is 14.2 Å². The van der Waals surface area contributed by atoms with Crippen LogP contribution in [0.1, 0.15) is 21.5 Å². The highest BCUT2D eigenvalue weighted by Crippen LogP contribution is 2.32. The van der Waals surface area contributed by atoms with Crippen LogP contribution in [0.5, 0.6) is 17.2 Å². The number of benzene rings is 3. The number of nitrogens with one attached hydrogen (secondary N) is 3. The second-order valence-electron chi connectivity index (χ2n) is 7.52. The van der Waals surface area contributed by atoms with E-state index in [1.165, 1.54) is 0 Å². The van der Waals surface area contributed by atoms with Gasteiger partial charge in [0.25, 0.3) is 5.91 Å². The van der Waals surface area contributed by atoms with E-state index in [0.29, 0.717) is 40.7 Å². The first kappa shape index (κ1) is 22.0. The van der Waals surface area contributed by atoms with Crippen molar-refractivity contribution in [1.29, 1.82) is 0 Å². The molecule has 3 aromatic rings. The van der Waals surface area contributed by atoms with Gasteiger partial charge in [0.2, 0.25) is 12.7 Å². The van der Waals surface area contributed by atoms with Crippen LogP contribution in [0.2, 0.25) is 0 Å². The number of anilines is 2. The quantitative estimate of drug-likeness (QED) is 0.487. The minimum absolute atomic E-state index is 0.0104. The van der Waals surface area contributed by atoms with Crippen molar-refractivity contribution in [2.24, 2.45) is 0 Å². The number of hydrogen-bond donors (Lipinski definition) is 3. The predicted molar refractivity (Wildman–Crippen MR) is 125 cm³/mol. The van der Waals surface area contributed by atoms with Gasteiger partial charge in [-0.15, -0.1) is 0 Å². The summed E-state index contributed by atoms with van der Waals surface area (Å²) in [6, 6.07) is 18.1. The van der Waals surface area contributed by atoms with E-state index in [0.717, 1.165) is 11.1 Å². The predicted octanol–water partition coefficient (Wildman–Crippen LogP) is 3.71. The second kappa shape index (κ2) is 9.95. The molecule has 1 aliphatic heterocycles. The van der Waals surface area contributed by atoms with Crippen molar-refractivity contribution in [1.82, 2.24) is 5.32 Å². The number of para-hydroxylation sites is 1. The largest absolute Gasteiger partial charge is 0.495 e. The number of carbonyl (C=O) groups is 2. The van der Waals surface area contributed by atoms with Gasteiger partial charge in [-0.25, -0.2) is 0 Å². The number of rotatable bonds is 8. The molecular weight excluding hydrogens is 422 g/mol. The van der Waals surface area contributed by atoms with E-state index in [9.17, 15) is 9.59 Å². The SMILES string of the molecule is COc1ccc(C)cc1NC(=O)CNc1ccccc1C(=O)NCc1ccc2c(c1)OCO2. The Morgan fingerprint density at radius 1 is 0.970 bits per heavy atom. The average Bonchev–Trinajstić information content (AvgIpc) is 3.29. The van der Waals surface area contributed by atoms with Crippen LogP contribution in [-0.4, -0.2) is 32.3 Å². The molecule has 0 saturated heterocycles. The molecule has 0 aliphatic carbocycles. The van der Waals surface area contributed by atoms with Gasteiger partial charge in [0.15, 0.2) is 11.5 Å². The summed E-state index contributed by atoms with van der Waals surface area (Å²) in [5.74, 6) is 1.43. The minimum Gasteiger partial charge on any atom is -0.495 e. The minimum atomic E-state index is -0.255. The zero-order valence-electron chi connectivity index (χ0n) is 18.4. The summed E-state index contributed by atoms with van der Waals surface area (Å²) >= 11 is 0. The zero-order valence-corrected chi connectivity index (χ0v) is 18.4. The Labute approximate surface area is 191 Å². The van der Waals surface area contributed by atoms with E-state index in [-0.39, 0.29) is 25.2 Å². The highest BCUT2D eigenvalue weighted by atomic mass is 16.7. The number of ether oxygens (including phenoxy) is 3. The molecule has 0 saturated carbocycles. The first-order valence-electron chi connectivity index (χ1n) is 10.5. The van der Waals surface area contributed by atoms with Crippen LogP contribution in [0.4, 0.5) is 11.4 Å². The van der Waals surface area contributed by atoms with Gasteiger partial charge in [0, 0.05) is 12.2 Å². The van der Waals surface area contributed by atoms with Gasteiger partial charge >= 0.3 is 0 Å². The van der Waals surface area contributed by atoms with Gasteiger partial charge in [0.1, 0.15) is 5.75 Å². The molecule has 0 fully saturated rings. The monoisotopic (exact) mass is 447 g/mol. The molecule has 170 valence electrons. The summed E-state index contributed by atoms with van der Waals surface area (Å²) in [7, 11) is 1.55. The van der Waals surface area contributed by atoms with E-state index < -0.39 is 0 Å². The molecule has 1 heterocycles. The van der Waals surface area contributed by atoms with Gasteiger partial charge < -0.3 is 30.2 Å². The fraction of sp³-hybridized carbons (Fsp3) is 0.200. The van der Waals surface area contributed by atoms with Crippen LogP contribution in [0.15, 0.2) is 60.7 Å². The van der Waals surface area contributed by atoms with Crippen molar-refractivity contribution in [2.45, 2.75) is 13.5 Å². The molecule has 3 aromatic carbocycles. The number of amides is 2. The standard InChI is InChI=1S/C25H25N3O5/c1-16-7-9-21(31-2)20(11-16)28-24(29)14-26-19-6-4-3-5-18(19)25(30)27-13-17-8-10-22-23(12-17)33-15-32-22/h3-12,26H,13-15H2,1-2H3,(H,27,30)(H,28,29). The molecule has 2 amide bonds. The summed E-state index contributed by atoms with van der Waals surface area (Å²) in [5.41, 5.74) is 3.50. The summed E-state index contributed by atoms with van der Waals surface area (Å²) in [4.78, 5) is 25.3. The number of fused-ring (bicyclic) bond motifs is 1. The highest BCUT2D eigenvalue weighted by Gasteiger charge is 2.15. The number of hydrogen-bond acceptors (Lipinski definition) is 6. The lowest BCUT2D eigenvalue weighted by molar-refractivity contribution is -0.114. The van der Waals surface area contributed by atoms with Crippen LogP contribution in [-0.2, 0) is 11.3 Å². The molecule has 3 N–H and O–H groups in total. The topological polar surface area (TPSA) is 97.9 Å². The molecule has 0 aromatic heterocycles. The number of carbonyl (C=O) groups excluding carboxylic acids is 2. The fourth-order valence-corrected chi connectivity index (χ4v) is 3.45. The van der Waals surface area contributed by atoms with Crippen LogP contribution in [0.25, 0.3) is 0 Å². The molecular formula is C25H25N3O5. The zero-order chi connectivity index (χ0) is 23.2. The average molecular weight is 447 g/mol. The van der Waals surface area contributed by atoms with Crippen molar-refractivity contribution in [3.8, 4) is 17.2 Å². The van der Waals surface area contributed by atoms with E-state index in [1.54, 1.807) is 37.4 Å². The van der Waals surface area contributed by atoms with Crippen molar-refractivity contribution in [3.63, 3.8) is 0 Å². The van der Waals surface area contributed by atoms with Crippen LogP contribution < -0.4 is 30.2 Å². The molecule has 8 nitrogen and oxygen atoms in total. The van der Waals surface area contributed by atoms with Gasteiger partial charge in [-0.05, 0) is 54.4 Å². The molecule has 0 spiro atoms. The van der Waals surface area contributed by atoms with Gasteiger partial charge in [-0.3, -0.25) is 9.59 Å². The molecule has 1 aliphatic rings. The van der Waals surface area contributed by atoms with Crippen molar-refractivity contribution >= 4 is 23.2 Å². The fourth-order valence-electron chi connectivity index (χ4n) is 3.45. The third-order valence-electron chi connectivity index (χ3n) is 5.13. The molecule has 8 heteroatoms. The maximum absolute atomic E-state index is 12.8.